The lowest BCUT2D eigenvalue weighted by atomic mass is 10.1. The van der Waals surface area contributed by atoms with Crippen LogP contribution in [0.15, 0.2) is 69.8 Å². The first-order chi connectivity index (χ1) is 17.6. The Bertz CT molecular complexity index is 1380. The van der Waals surface area contributed by atoms with Crippen LogP contribution in [0.4, 0.5) is 5.82 Å². The normalized spacial score (nSPS) is 14.9. The molecule has 3 aliphatic heterocycles. The maximum absolute atomic E-state index is 6.11. The number of methoxy groups -OCH3 is 1. The van der Waals surface area contributed by atoms with Gasteiger partial charge in [-0.25, -0.2) is 15.0 Å². The number of imidazole rings is 1. The Kier molecular flexibility index (Phi) is 7.19. The molecule has 3 aliphatic rings. The smallest absolute Gasteiger partial charge is 0.268 e. The van der Waals surface area contributed by atoms with Gasteiger partial charge in [0.2, 0.25) is 5.09 Å². The molecule has 1 atom stereocenters. The van der Waals surface area contributed by atoms with Crippen LogP contribution in [-0.4, -0.2) is 33.2 Å². The predicted octanol–water partition coefficient (Wildman–Crippen LogP) is 5.41. The Balaban J connectivity index is 1.30. The lowest BCUT2D eigenvalue weighted by molar-refractivity contribution is -0.0278. The third-order valence-corrected chi connectivity index (χ3v) is 6.98. The fourth-order valence-corrected chi connectivity index (χ4v) is 4.92. The van der Waals surface area contributed by atoms with Gasteiger partial charge in [-0.1, -0.05) is 40.2 Å². The third kappa shape index (κ3) is 5.07. The van der Waals surface area contributed by atoms with E-state index in [-0.39, 0.29) is 0 Å². The minimum Gasteiger partial charge on any atom is -0.493 e. The number of nitrogens with two attached hydrogens (primary N) is 1. The molecule has 0 fully saturated rings. The van der Waals surface area contributed by atoms with E-state index in [1.165, 1.54) is 11.8 Å². The van der Waals surface area contributed by atoms with Crippen LogP contribution in [0.5, 0.6) is 11.5 Å². The molecule has 5 rings (SSSR count). The summed E-state index contributed by atoms with van der Waals surface area (Å²) in [5.41, 5.74) is 8.66. The first-order valence-electron chi connectivity index (χ1n) is 11.3. The maximum atomic E-state index is 6.11. The number of nitrogens with zero attached hydrogens (tertiary/aromatic N) is 4. The second kappa shape index (κ2) is 10.7. The number of halogens is 1. The van der Waals surface area contributed by atoms with Gasteiger partial charge in [0.15, 0.2) is 34.0 Å². The summed E-state index contributed by atoms with van der Waals surface area (Å²) in [5.74, 6) is 2.42. The van der Waals surface area contributed by atoms with E-state index in [0.29, 0.717) is 46.5 Å². The van der Waals surface area contributed by atoms with Crippen LogP contribution in [0.3, 0.4) is 0 Å². The van der Waals surface area contributed by atoms with Crippen LogP contribution in [0.2, 0.25) is 0 Å². The number of fused-ring (bicyclic) bond motifs is 1. The van der Waals surface area contributed by atoms with Crippen molar-refractivity contribution in [2.45, 2.75) is 31.3 Å². The van der Waals surface area contributed by atoms with E-state index in [1.807, 2.05) is 54.0 Å². The molecule has 1 unspecified atom stereocenters. The van der Waals surface area contributed by atoms with E-state index >= 15 is 0 Å². The van der Waals surface area contributed by atoms with E-state index in [1.54, 1.807) is 19.7 Å². The standard InChI is InChI=1S/C25H24BrN5O4S/c1-3-33-19-12-15(8-9-18(19)32-2)10-11-31-14-28-22(27)21-23(31)30-25(29-21)36-20-13-34-24(35-20)16-6-4-5-7-17(16)26/h4-9,12-14,24H,3,10-11,27H2,1-2H3. The Morgan fingerprint density at radius 2 is 2.03 bits per heavy atom. The van der Waals surface area contributed by atoms with Gasteiger partial charge >= 0.3 is 0 Å². The van der Waals surface area contributed by atoms with Gasteiger partial charge < -0.3 is 29.2 Å². The molecule has 0 saturated carbocycles. The molecule has 36 heavy (non-hydrogen) atoms. The van der Waals surface area contributed by atoms with E-state index in [0.717, 1.165) is 27.8 Å². The number of aromatic nitrogens is 4. The van der Waals surface area contributed by atoms with Crippen LogP contribution in [0.25, 0.3) is 11.5 Å². The molecule has 0 spiro atoms. The molecular formula is C25H24BrN5O4S. The fourth-order valence-electron chi connectivity index (χ4n) is 3.76. The van der Waals surface area contributed by atoms with Crippen molar-refractivity contribution in [3.8, 4) is 23.0 Å². The highest BCUT2D eigenvalue weighted by Gasteiger charge is 2.27. The minimum atomic E-state index is -0.532. The first-order valence-corrected chi connectivity index (χ1v) is 12.9. The van der Waals surface area contributed by atoms with Gasteiger partial charge in [0, 0.05) is 16.6 Å². The Morgan fingerprint density at radius 1 is 1.17 bits per heavy atom. The van der Waals surface area contributed by atoms with Gasteiger partial charge in [0.25, 0.3) is 6.29 Å². The zero-order chi connectivity index (χ0) is 25.1. The molecule has 0 aromatic heterocycles. The summed E-state index contributed by atoms with van der Waals surface area (Å²) < 4.78 is 25.6. The number of ether oxygens (including phenoxy) is 4. The number of hydrogen-bond donors (Lipinski definition) is 1. The zero-order valence-corrected chi connectivity index (χ0v) is 22.1. The minimum absolute atomic E-state index is 0.326. The maximum Gasteiger partial charge on any atom is 0.268 e. The summed E-state index contributed by atoms with van der Waals surface area (Å²) in [6, 6.07) is 13.7. The third-order valence-electron chi connectivity index (χ3n) is 5.50. The van der Waals surface area contributed by atoms with Gasteiger partial charge in [-0.2, -0.15) is 0 Å². The highest BCUT2D eigenvalue weighted by atomic mass is 79.9. The van der Waals surface area contributed by atoms with Crippen molar-refractivity contribution in [1.29, 1.82) is 0 Å². The summed E-state index contributed by atoms with van der Waals surface area (Å²) in [7, 11) is 1.63. The molecule has 2 N–H and O–H groups in total. The van der Waals surface area contributed by atoms with Crippen LogP contribution >= 0.6 is 27.7 Å². The van der Waals surface area contributed by atoms with E-state index < -0.39 is 6.29 Å². The van der Waals surface area contributed by atoms with Gasteiger partial charge in [0.1, 0.15) is 6.26 Å². The molecule has 186 valence electrons. The van der Waals surface area contributed by atoms with Gasteiger partial charge in [-0.3, -0.25) is 0 Å². The number of anilines is 1. The monoisotopic (exact) mass is 569 g/mol. The SMILES string of the molecule is CCOc1cc(CCn2cnc(N)c3nc(SC4=COC(c5ccccc5Br)O4)nc2-3)ccc1OC. The molecule has 0 amide bonds. The van der Waals surface area contributed by atoms with E-state index in [4.69, 9.17) is 29.7 Å². The van der Waals surface area contributed by atoms with Crippen molar-refractivity contribution in [2.75, 3.05) is 19.5 Å². The molecule has 9 nitrogen and oxygen atoms in total. The van der Waals surface area contributed by atoms with E-state index in [2.05, 4.69) is 25.9 Å². The van der Waals surface area contributed by atoms with Gasteiger partial charge in [-0.05, 0) is 48.9 Å². The van der Waals surface area contributed by atoms with Crippen LogP contribution in [-0.2, 0) is 22.4 Å². The highest BCUT2D eigenvalue weighted by Crippen LogP contribution is 2.40. The summed E-state index contributed by atoms with van der Waals surface area (Å²) in [4.78, 5) is 13.6. The second-order valence-electron chi connectivity index (χ2n) is 7.82. The molecule has 3 heterocycles. The summed E-state index contributed by atoms with van der Waals surface area (Å²) in [6.07, 6.45) is 3.46. The molecule has 0 aliphatic carbocycles. The van der Waals surface area contributed by atoms with Gasteiger partial charge in [0.05, 0.1) is 20.0 Å². The van der Waals surface area contributed by atoms with Crippen molar-refractivity contribution < 1.29 is 18.9 Å². The molecule has 0 radical (unpaired) electrons. The summed E-state index contributed by atoms with van der Waals surface area (Å²) in [5, 5.41) is 1.06. The summed E-state index contributed by atoms with van der Waals surface area (Å²) in [6.45, 7) is 3.15. The molecule has 2 aromatic rings. The number of aryl methyl sites for hydroxylation is 2. The Morgan fingerprint density at radius 3 is 2.83 bits per heavy atom. The molecule has 2 aromatic carbocycles. The fraction of sp³-hybridized carbons (Fsp3) is 0.240. The van der Waals surface area contributed by atoms with Crippen molar-refractivity contribution in [3.05, 3.63) is 75.7 Å². The number of hydrogen-bond acceptors (Lipinski definition) is 9. The van der Waals surface area contributed by atoms with Crippen molar-refractivity contribution in [3.63, 3.8) is 0 Å². The second-order valence-corrected chi connectivity index (χ2v) is 9.64. The van der Waals surface area contributed by atoms with Crippen molar-refractivity contribution in [2.24, 2.45) is 0 Å². The quantitative estimate of drug-likeness (QED) is 0.283. The molecule has 0 saturated heterocycles. The van der Waals surface area contributed by atoms with Crippen LogP contribution in [0, 0.1) is 0 Å². The molecule has 11 heteroatoms. The van der Waals surface area contributed by atoms with Crippen molar-refractivity contribution in [1.82, 2.24) is 19.5 Å². The Hall–Kier alpha value is -3.44. The number of thioether (sulfide) groups is 1. The van der Waals surface area contributed by atoms with E-state index in [9.17, 15) is 0 Å². The number of benzene rings is 2. The van der Waals surface area contributed by atoms with Crippen LogP contribution in [0.1, 0.15) is 24.3 Å². The zero-order valence-electron chi connectivity index (χ0n) is 19.7. The average molecular weight is 570 g/mol. The van der Waals surface area contributed by atoms with Crippen molar-refractivity contribution >= 4 is 33.5 Å². The molecule has 0 bridgehead atoms. The summed E-state index contributed by atoms with van der Waals surface area (Å²) >= 11 is 4.80. The van der Waals surface area contributed by atoms with Gasteiger partial charge in [-0.15, -0.1) is 0 Å². The predicted molar refractivity (Wildman–Crippen MR) is 140 cm³/mol. The topological polar surface area (TPSA) is 107 Å². The highest BCUT2D eigenvalue weighted by molar-refractivity contribution is 9.10. The average Bonchev–Trinajstić information content (AvgIpc) is 3.52. The number of nitrogen functional groups attached to an aromatic ring is 1. The van der Waals surface area contributed by atoms with Crippen LogP contribution < -0.4 is 15.2 Å². The lowest BCUT2D eigenvalue weighted by Crippen LogP contribution is -2.10. The number of rotatable bonds is 9. The Labute approximate surface area is 221 Å². The first kappa shape index (κ1) is 24.3. The lowest BCUT2D eigenvalue weighted by Gasteiger charge is -2.13. The molecular weight excluding hydrogens is 546 g/mol. The largest absolute Gasteiger partial charge is 0.493 e.